The van der Waals surface area contributed by atoms with Crippen LogP contribution < -0.4 is 38.5 Å². The van der Waals surface area contributed by atoms with Crippen molar-refractivity contribution in [1.82, 2.24) is 5.32 Å². The summed E-state index contributed by atoms with van der Waals surface area (Å²) in [4.78, 5) is 0. The zero-order valence-electron chi connectivity index (χ0n) is 32.1. The van der Waals surface area contributed by atoms with Gasteiger partial charge in [-0.2, -0.15) is 0 Å². The lowest BCUT2D eigenvalue weighted by Crippen LogP contribution is -2.25. The Hall–Kier alpha value is -5.43. The van der Waals surface area contributed by atoms with Crippen molar-refractivity contribution in [2.45, 2.75) is 46.2 Å². The second-order valence-corrected chi connectivity index (χ2v) is 12.2. The maximum atomic E-state index is 5.84. The highest BCUT2D eigenvalue weighted by Crippen LogP contribution is 2.26. The fourth-order valence-electron chi connectivity index (χ4n) is 6.03. The first kappa shape index (κ1) is 43.0. The summed E-state index contributed by atoms with van der Waals surface area (Å²) in [5.74, 6) is 8.00. The zero-order valence-corrected chi connectivity index (χ0v) is 32.9. The fraction of sp³-hybridized carbons (Fsp3) is 0.167. The summed E-state index contributed by atoms with van der Waals surface area (Å²) in [7, 11) is 0. The van der Waals surface area contributed by atoms with Gasteiger partial charge in [-0.3, -0.25) is 11.7 Å². The molecule has 1 unspecified atom stereocenters. The highest BCUT2D eigenvalue weighted by Gasteiger charge is 2.14. The number of rotatable bonds is 8. The molecule has 0 spiro atoms. The van der Waals surface area contributed by atoms with Crippen LogP contribution in [0.3, 0.4) is 0 Å². The van der Waals surface area contributed by atoms with Gasteiger partial charge >= 0.3 is 0 Å². The number of alkyl halides is 1. The van der Waals surface area contributed by atoms with Crippen LogP contribution in [0.15, 0.2) is 169 Å². The molecule has 1 aliphatic rings. The number of hydrazine groups is 1. The average Bonchev–Trinajstić information content (AvgIpc) is 3.24. The Kier molecular flexibility index (Phi) is 19.1. The molecule has 1 atom stereocenters. The molecule has 0 aromatic heterocycles. The predicted octanol–water partition coefficient (Wildman–Crippen LogP) is 9.96. The van der Waals surface area contributed by atoms with Gasteiger partial charge in [-0.25, -0.2) is 0 Å². The van der Waals surface area contributed by atoms with Gasteiger partial charge in [-0.05, 0) is 105 Å². The van der Waals surface area contributed by atoms with Gasteiger partial charge in [0.2, 0.25) is 0 Å². The summed E-state index contributed by atoms with van der Waals surface area (Å²) in [5, 5.41) is 14.2. The van der Waals surface area contributed by atoms with Crippen LogP contribution in [-0.2, 0) is 6.54 Å². The van der Waals surface area contributed by atoms with E-state index in [0.717, 1.165) is 40.9 Å². The first-order chi connectivity index (χ1) is 26.5. The Labute approximate surface area is 327 Å². The quantitative estimate of drug-likeness (QED) is 0.0608. The molecule has 7 rings (SSSR count). The summed E-state index contributed by atoms with van der Waals surface area (Å²) in [6, 6.07) is 47.1. The number of hydrogen-bond donors (Lipinski definition) is 5. The minimum absolute atomic E-state index is 0.0605. The molecule has 0 bridgehead atoms. The van der Waals surface area contributed by atoms with Crippen LogP contribution in [0.2, 0.25) is 0 Å². The third-order valence-corrected chi connectivity index (χ3v) is 8.60. The molecule has 0 radical (unpaired) electrons. The van der Waals surface area contributed by atoms with E-state index in [9.17, 15) is 0 Å². The zero-order chi connectivity index (χ0) is 39.1. The minimum atomic E-state index is 0.0605. The predicted molar refractivity (Wildman–Crippen MR) is 238 cm³/mol. The Balaban J connectivity index is 0.000000343. The van der Waals surface area contributed by atoms with Crippen LogP contribution in [-0.4, -0.2) is 6.38 Å². The van der Waals surface area contributed by atoms with E-state index in [2.05, 4.69) is 174 Å². The molecule has 0 amide bonds. The van der Waals surface area contributed by atoms with Crippen molar-refractivity contribution in [2.24, 2.45) is 17.4 Å². The maximum Gasteiger partial charge on any atom is 0.0579 e. The first-order valence-electron chi connectivity index (χ1n) is 18.3. The molecule has 1 aliphatic carbocycles. The molecule has 54 heavy (non-hydrogen) atoms. The second-order valence-electron chi connectivity index (χ2n) is 12.2. The molecule has 6 aromatic rings. The standard InChI is InChI=1S/C33H30N2.C12H13N.C2H6.CH3Cl.H4N2/c1-23(34)12-14-26-16-17-28-18-19-31(21-32(28)24(26)2)33(29-9-4-3-5-10-29)35-22-25-13-15-27-8-6-7-11-30(27)20-25;1-3-7-11(8-4-1)13-12-9-5-2-6-10-12;3*1-2/h3-21,33,35H,2,22,34H2,1H3;1-5,7-9,13H,6,10H2;1-2H3;1H3;1-2H2/b23-12+,26-14-;;;;. The molecular weight excluding hydrogens is 682 g/mol. The fourth-order valence-corrected chi connectivity index (χ4v) is 6.03. The van der Waals surface area contributed by atoms with Gasteiger partial charge in [-0.1, -0.05) is 148 Å². The summed E-state index contributed by atoms with van der Waals surface area (Å²) >= 11 is 4.64. The van der Waals surface area contributed by atoms with Crippen LogP contribution in [0, 0.1) is 0 Å². The van der Waals surface area contributed by atoms with Crippen molar-refractivity contribution in [3.63, 3.8) is 0 Å². The van der Waals surface area contributed by atoms with Crippen molar-refractivity contribution in [1.29, 1.82) is 0 Å². The Morgan fingerprint density at radius 1 is 0.759 bits per heavy atom. The number of nitrogens with two attached hydrogens (primary N) is 3. The normalized spacial score (nSPS) is 12.7. The Morgan fingerprint density at radius 3 is 2.06 bits per heavy atom. The summed E-state index contributed by atoms with van der Waals surface area (Å²) in [5.41, 5.74) is 12.8. The number of benzene rings is 6. The van der Waals surface area contributed by atoms with Crippen molar-refractivity contribution < 1.29 is 0 Å². The topological polar surface area (TPSA) is 102 Å². The number of fused-ring (bicyclic) bond motifs is 2. The lowest BCUT2D eigenvalue weighted by molar-refractivity contribution is 0.606. The highest BCUT2D eigenvalue weighted by molar-refractivity contribution is 6.15. The summed E-state index contributed by atoms with van der Waals surface area (Å²) in [6.45, 7) is 11.1. The molecule has 6 aromatic carbocycles. The van der Waals surface area contributed by atoms with E-state index in [1.807, 2.05) is 51.1 Å². The Morgan fingerprint density at radius 2 is 1.39 bits per heavy atom. The average molecular weight is 738 g/mol. The molecular formula is C48H56ClN5. The first-order valence-corrected chi connectivity index (χ1v) is 19.1. The third-order valence-electron chi connectivity index (χ3n) is 8.60. The molecule has 280 valence electrons. The van der Waals surface area contributed by atoms with Gasteiger partial charge in [0.1, 0.15) is 0 Å². The van der Waals surface area contributed by atoms with Gasteiger partial charge in [0.05, 0.1) is 6.04 Å². The molecule has 0 aliphatic heterocycles. The monoisotopic (exact) mass is 737 g/mol. The molecule has 0 saturated carbocycles. The molecule has 0 saturated heterocycles. The number of allylic oxidation sites excluding steroid dienone is 6. The minimum Gasteiger partial charge on any atom is -0.402 e. The SMILES string of the molecule is C1=CCCC(Nc2ccccc2)=C1.C=c1/c(=C\C=C(/C)N)ccc2ccc(C(NCc3ccc4ccccc4c3)c3ccccc3)cc12.CC.CCl.NN. The van der Waals surface area contributed by atoms with E-state index in [1.54, 1.807) is 0 Å². The molecule has 5 nitrogen and oxygen atoms in total. The van der Waals surface area contributed by atoms with Crippen molar-refractivity contribution in [2.75, 3.05) is 11.7 Å². The molecule has 6 heteroatoms. The van der Waals surface area contributed by atoms with E-state index in [-0.39, 0.29) is 6.04 Å². The van der Waals surface area contributed by atoms with E-state index < -0.39 is 0 Å². The van der Waals surface area contributed by atoms with Gasteiger partial charge in [-0.15, -0.1) is 11.6 Å². The van der Waals surface area contributed by atoms with Gasteiger partial charge < -0.3 is 16.4 Å². The third kappa shape index (κ3) is 12.9. The van der Waals surface area contributed by atoms with Crippen LogP contribution in [0.25, 0.3) is 34.2 Å². The summed E-state index contributed by atoms with van der Waals surface area (Å²) < 4.78 is 0. The van der Waals surface area contributed by atoms with E-state index in [0.29, 0.717) is 0 Å². The van der Waals surface area contributed by atoms with E-state index in [4.69, 9.17) is 5.73 Å². The highest BCUT2D eigenvalue weighted by atomic mass is 35.5. The van der Waals surface area contributed by atoms with Gasteiger partial charge in [0, 0.05) is 30.0 Å². The van der Waals surface area contributed by atoms with Crippen LogP contribution in [0.5, 0.6) is 0 Å². The number of halogens is 1. The lowest BCUT2D eigenvalue weighted by atomic mass is 9.95. The molecule has 0 heterocycles. The number of anilines is 1. The van der Waals surface area contributed by atoms with Crippen LogP contribution >= 0.6 is 11.6 Å². The van der Waals surface area contributed by atoms with Crippen molar-refractivity contribution in [3.05, 3.63) is 196 Å². The Bertz CT molecular complexity index is 2210. The molecule has 0 fully saturated rings. The number of nitrogens with one attached hydrogen (secondary N) is 2. The maximum absolute atomic E-state index is 5.84. The lowest BCUT2D eigenvalue weighted by Gasteiger charge is -2.21. The van der Waals surface area contributed by atoms with Crippen LogP contribution in [0.1, 0.15) is 56.3 Å². The second kappa shape index (κ2) is 24.0. The molecule has 8 N–H and O–H groups in total. The number of para-hydroxylation sites is 1. The van der Waals surface area contributed by atoms with Crippen molar-refractivity contribution >= 4 is 51.5 Å². The number of hydrogen-bond acceptors (Lipinski definition) is 5. The van der Waals surface area contributed by atoms with Gasteiger partial charge in [0.25, 0.3) is 0 Å². The van der Waals surface area contributed by atoms with Gasteiger partial charge in [0.15, 0.2) is 0 Å². The smallest absolute Gasteiger partial charge is 0.0579 e. The largest absolute Gasteiger partial charge is 0.402 e. The van der Waals surface area contributed by atoms with E-state index in [1.165, 1.54) is 50.6 Å². The van der Waals surface area contributed by atoms with Crippen LogP contribution in [0.4, 0.5) is 5.69 Å². The van der Waals surface area contributed by atoms with E-state index >= 15 is 0 Å². The van der Waals surface area contributed by atoms with Crippen molar-refractivity contribution in [3.8, 4) is 0 Å². The summed E-state index contributed by atoms with van der Waals surface area (Å²) in [6.07, 6.45) is 14.1.